The fourth-order valence-corrected chi connectivity index (χ4v) is 2.57. The lowest BCUT2D eigenvalue weighted by atomic mass is 10.0. The summed E-state index contributed by atoms with van der Waals surface area (Å²) < 4.78 is 10.7. The van der Waals surface area contributed by atoms with Gasteiger partial charge in [0.2, 0.25) is 0 Å². The maximum absolute atomic E-state index is 5.47. The smallest absolute Gasteiger partial charge is 0.126 e. The molecule has 106 valence electrons. The van der Waals surface area contributed by atoms with Gasteiger partial charge in [0, 0.05) is 12.5 Å². The van der Waals surface area contributed by atoms with E-state index in [1.54, 1.807) is 14.2 Å². The van der Waals surface area contributed by atoms with Crippen molar-refractivity contribution in [3.8, 4) is 11.5 Å². The molecule has 0 unspecified atom stereocenters. The highest BCUT2D eigenvalue weighted by Gasteiger charge is 2.06. The van der Waals surface area contributed by atoms with Crippen molar-refractivity contribution in [1.82, 2.24) is 0 Å². The van der Waals surface area contributed by atoms with E-state index in [0.717, 1.165) is 23.5 Å². The average Bonchev–Trinajstić information content (AvgIpc) is 2.55. The Balaban J connectivity index is 1.94. The summed E-state index contributed by atoms with van der Waals surface area (Å²) in [5.41, 5.74) is 2.44. The highest BCUT2D eigenvalue weighted by molar-refractivity contribution is 5.83. The van der Waals surface area contributed by atoms with Crippen LogP contribution in [0.25, 0.3) is 10.8 Å². The second-order valence-electron chi connectivity index (χ2n) is 5.04. The Morgan fingerprint density at radius 2 is 1.57 bits per heavy atom. The van der Waals surface area contributed by atoms with Gasteiger partial charge in [-0.3, -0.25) is 0 Å². The number of hydrogen-bond acceptors (Lipinski definition) is 2. The Bertz CT molecular complexity index is 762. The quantitative estimate of drug-likeness (QED) is 0.702. The SMILES string of the molecule is COc1ccc(Cc2ccc3ccccc3c2)c(OC)c1. The molecule has 0 aliphatic rings. The molecule has 0 bridgehead atoms. The van der Waals surface area contributed by atoms with Crippen LogP contribution in [-0.4, -0.2) is 14.2 Å². The minimum absolute atomic E-state index is 0.814. The van der Waals surface area contributed by atoms with Gasteiger partial charge >= 0.3 is 0 Å². The van der Waals surface area contributed by atoms with Crippen molar-refractivity contribution in [2.75, 3.05) is 14.2 Å². The van der Waals surface area contributed by atoms with Crippen molar-refractivity contribution in [3.05, 3.63) is 71.8 Å². The van der Waals surface area contributed by atoms with Crippen LogP contribution >= 0.6 is 0 Å². The maximum Gasteiger partial charge on any atom is 0.126 e. The molecule has 0 aliphatic heterocycles. The minimum Gasteiger partial charge on any atom is -0.497 e. The van der Waals surface area contributed by atoms with Gasteiger partial charge in [0.05, 0.1) is 14.2 Å². The molecule has 0 aliphatic carbocycles. The van der Waals surface area contributed by atoms with Crippen molar-refractivity contribution < 1.29 is 9.47 Å². The number of ether oxygens (including phenoxy) is 2. The van der Waals surface area contributed by atoms with Crippen LogP contribution in [0.4, 0.5) is 0 Å². The molecule has 3 aromatic rings. The largest absolute Gasteiger partial charge is 0.497 e. The first-order chi connectivity index (χ1) is 10.3. The zero-order valence-electron chi connectivity index (χ0n) is 12.3. The zero-order chi connectivity index (χ0) is 14.7. The molecule has 0 amide bonds. The highest BCUT2D eigenvalue weighted by atomic mass is 16.5. The van der Waals surface area contributed by atoms with E-state index in [-0.39, 0.29) is 0 Å². The van der Waals surface area contributed by atoms with Gasteiger partial charge in [-0.05, 0) is 28.0 Å². The summed E-state index contributed by atoms with van der Waals surface area (Å²) in [4.78, 5) is 0. The van der Waals surface area contributed by atoms with Crippen molar-refractivity contribution in [2.45, 2.75) is 6.42 Å². The van der Waals surface area contributed by atoms with Gasteiger partial charge < -0.3 is 9.47 Å². The fourth-order valence-electron chi connectivity index (χ4n) is 2.57. The third-order valence-corrected chi connectivity index (χ3v) is 3.70. The third-order valence-electron chi connectivity index (χ3n) is 3.70. The van der Waals surface area contributed by atoms with Crippen LogP contribution < -0.4 is 9.47 Å². The summed E-state index contributed by atoms with van der Waals surface area (Å²) in [6, 6.07) is 20.9. The lowest BCUT2D eigenvalue weighted by Crippen LogP contribution is -1.95. The summed E-state index contributed by atoms with van der Waals surface area (Å²) in [7, 11) is 3.36. The average molecular weight is 278 g/mol. The summed E-state index contributed by atoms with van der Waals surface area (Å²) in [6.45, 7) is 0. The predicted molar refractivity (Wildman–Crippen MR) is 86.3 cm³/mol. The van der Waals surface area contributed by atoms with Crippen LogP contribution in [0.3, 0.4) is 0 Å². The van der Waals surface area contributed by atoms with Gasteiger partial charge in [0.1, 0.15) is 11.5 Å². The second-order valence-corrected chi connectivity index (χ2v) is 5.04. The molecule has 0 heterocycles. The van der Waals surface area contributed by atoms with Gasteiger partial charge in [-0.1, -0.05) is 48.5 Å². The van der Waals surface area contributed by atoms with Gasteiger partial charge in [-0.15, -0.1) is 0 Å². The zero-order valence-corrected chi connectivity index (χ0v) is 12.3. The summed E-state index contributed by atoms with van der Waals surface area (Å²) in [5, 5.41) is 2.53. The van der Waals surface area contributed by atoms with Crippen LogP contribution in [0.15, 0.2) is 60.7 Å². The molecule has 2 heteroatoms. The summed E-state index contributed by atoms with van der Waals surface area (Å²) >= 11 is 0. The van der Waals surface area contributed by atoms with Gasteiger partial charge in [-0.25, -0.2) is 0 Å². The van der Waals surface area contributed by atoms with E-state index < -0.39 is 0 Å². The Labute approximate surface area is 124 Å². The molecule has 2 nitrogen and oxygen atoms in total. The summed E-state index contributed by atoms with van der Waals surface area (Å²) in [6.07, 6.45) is 0.845. The monoisotopic (exact) mass is 278 g/mol. The van der Waals surface area contributed by atoms with E-state index in [4.69, 9.17) is 9.47 Å². The Kier molecular flexibility index (Phi) is 3.78. The summed E-state index contributed by atoms with van der Waals surface area (Å²) in [5.74, 6) is 1.68. The van der Waals surface area contributed by atoms with Gasteiger partial charge in [0.15, 0.2) is 0 Å². The molecular formula is C19H18O2. The normalized spacial score (nSPS) is 10.6. The number of rotatable bonds is 4. The molecule has 0 atom stereocenters. The van der Waals surface area contributed by atoms with Crippen LogP contribution in [0, 0.1) is 0 Å². The van der Waals surface area contributed by atoms with Crippen molar-refractivity contribution in [2.24, 2.45) is 0 Å². The number of methoxy groups -OCH3 is 2. The predicted octanol–water partition coefficient (Wildman–Crippen LogP) is 4.45. The van der Waals surface area contributed by atoms with Gasteiger partial charge in [0.25, 0.3) is 0 Å². The van der Waals surface area contributed by atoms with E-state index in [1.165, 1.54) is 16.3 Å². The van der Waals surface area contributed by atoms with Crippen molar-refractivity contribution in [3.63, 3.8) is 0 Å². The molecular weight excluding hydrogens is 260 g/mol. The molecule has 0 spiro atoms. The molecule has 3 aromatic carbocycles. The van der Waals surface area contributed by atoms with Crippen LogP contribution in [0.2, 0.25) is 0 Å². The maximum atomic E-state index is 5.47. The third kappa shape index (κ3) is 2.84. The van der Waals surface area contributed by atoms with Crippen LogP contribution in [0.1, 0.15) is 11.1 Å². The molecule has 21 heavy (non-hydrogen) atoms. The topological polar surface area (TPSA) is 18.5 Å². The van der Waals surface area contributed by atoms with Crippen molar-refractivity contribution >= 4 is 10.8 Å². The number of hydrogen-bond donors (Lipinski definition) is 0. The Morgan fingerprint density at radius 1 is 0.762 bits per heavy atom. The molecule has 3 rings (SSSR count). The number of benzene rings is 3. The Morgan fingerprint density at radius 3 is 2.33 bits per heavy atom. The van der Waals surface area contributed by atoms with Crippen molar-refractivity contribution in [1.29, 1.82) is 0 Å². The molecule has 0 saturated carbocycles. The first-order valence-corrected chi connectivity index (χ1v) is 6.99. The van der Waals surface area contributed by atoms with E-state index in [0.29, 0.717) is 0 Å². The molecule has 0 radical (unpaired) electrons. The van der Waals surface area contributed by atoms with E-state index >= 15 is 0 Å². The van der Waals surface area contributed by atoms with Crippen LogP contribution in [0.5, 0.6) is 11.5 Å². The lowest BCUT2D eigenvalue weighted by molar-refractivity contribution is 0.391. The van der Waals surface area contributed by atoms with E-state index in [2.05, 4.69) is 48.5 Å². The molecule has 0 fully saturated rings. The Hall–Kier alpha value is -2.48. The second kappa shape index (κ2) is 5.88. The standard InChI is InChI=1S/C19H18O2/c1-20-18-10-9-17(19(13-18)21-2)12-14-7-8-15-5-3-4-6-16(15)11-14/h3-11,13H,12H2,1-2H3. The lowest BCUT2D eigenvalue weighted by Gasteiger charge is -2.11. The van der Waals surface area contributed by atoms with Gasteiger partial charge in [-0.2, -0.15) is 0 Å². The highest BCUT2D eigenvalue weighted by Crippen LogP contribution is 2.27. The first-order valence-electron chi connectivity index (χ1n) is 6.99. The van der Waals surface area contributed by atoms with E-state index in [1.807, 2.05) is 12.1 Å². The van der Waals surface area contributed by atoms with E-state index in [9.17, 15) is 0 Å². The van der Waals surface area contributed by atoms with Crippen LogP contribution in [-0.2, 0) is 6.42 Å². The molecule has 0 saturated heterocycles. The molecule has 0 aromatic heterocycles. The fraction of sp³-hybridized carbons (Fsp3) is 0.158. The number of fused-ring (bicyclic) bond motifs is 1. The first kappa shape index (κ1) is 13.5. The molecule has 0 N–H and O–H groups in total. The minimum atomic E-state index is 0.814.